The lowest BCUT2D eigenvalue weighted by atomic mass is 9.90. The normalized spacial score (nSPS) is 13.3. The predicted molar refractivity (Wildman–Crippen MR) is 91.1 cm³/mol. The minimum absolute atomic E-state index is 0.306. The number of aryl methyl sites for hydroxylation is 3. The Hall–Kier alpha value is -2.08. The minimum atomic E-state index is -0.357. The van der Waals surface area contributed by atoms with Crippen LogP contribution in [0.3, 0.4) is 0 Å². The fourth-order valence-electron chi connectivity index (χ4n) is 2.87. The van der Waals surface area contributed by atoms with Gasteiger partial charge in [0, 0.05) is 23.3 Å². The van der Waals surface area contributed by atoms with Crippen LogP contribution in [-0.2, 0) is 19.9 Å². The lowest BCUT2D eigenvalue weighted by Crippen LogP contribution is -2.42. The molecule has 6 heteroatoms. The van der Waals surface area contributed by atoms with Gasteiger partial charge in [-0.2, -0.15) is 0 Å². The number of hydrogen-bond acceptors (Lipinski definition) is 2. The van der Waals surface area contributed by atoms with E-state index in [4.69, 9.17) is 0 Å². The largest absolute Gasteiger partial charge is 0.345 e. The standard InChI is InChI=1S/C17H18BrN3O2/c1-21-10-14(18)9-15(21)17(23)20-19-16(22)13-7-6-11-4-2-3-5-12(11)8-13/h6-10H,2-5H2,1H3,(H,19,22)(H,20,23). The second-order valence-electron chi connectivity index (χ2n) is 5.75. The maximum absolute atomic E-state index is 12.2. The Balaban J connectivity index is 1.65. The topological polar surface area (TPSA) is 63.1 Å². The highest BCUT2D eigenvalue weighted by Gasteiger charge is 2.15. The van der Waals surface area contributed by atoms with Gasteiger partial charge >= 0.3 is 0 Å². The fourth-order valence-corrected chi connectivity index (χ4v) is 3.40. The lowest BCUT2D eigenvalue weighted by Gasteiger charge is -2.16. The molecule has 5 nitrogen and oxygen atoms in total. The smallest absolute Gasteiger partial charge is 0.286 e. The van der Waals surface area contributed by atoms with Gasteiger partial charge in [0.25, 0.3) is 11.8 Å². The number of carbonyl (C=O) groups excluding carboxylic acids is 2. The molecule has 0 radical (unpaired) electrons. The van der Waals surface area contributed by atoms with E-state index in [1.807, 2.05) is 18.2 Å². The van der Waals surface area contributed by atoms with Gasteiger partial charge in [0.1, 0.15) is 5.69 Å². The van der Waals surface area contributed by atoms with Crippen molar-refractivity contribution >= 4 is 27.7 Å². The van der Waals surface area contributed by atoms with Crippen molar-refractivity contribution in [3.63, 3.8) is 0 Å². The quantitative estimate of drug-likeness (QED) is 0.792. The van der Waals surface area contributed by atoms with Crippen LogP contribution in [0.4, 0.5) is 0 Å². The molecule has 1 aliphatic carbocycles. The number of nitrogens with zero attached hydrogens (tertiary/aromatic N) is 1. The summed E-state index contributed by atoms with van der Waals surface area (Å²) in [5, 5.41) is 0. The third-order valence-corrected chi connectivity index (χ3v) is 4.54. The predicted octanol–water partition coefficient (Wildman–Crippen LogP) is 2.74. The summed E-state index contributed by atoms with van der Waals surface area (Å²) in [6.07, 6.45) is 6.24. The SMILES string of the molecule is Cn1cc(Br)cc1C(=O)NNC(=O)c1ccc2c(c1)CCCC2. The molecular formula is C17H18BrN3O2. The van der Waals surface area contributed by atoms with Gasteiger partial charge in [-0.15, -0.1) is 0 Å². The summed E-state index contributed by atoms with van der Waals surface area (Å²) in [5.74, 6) is -0.662. The maximum Gasteiger partial charge on any atom is 0.286 e. The zero-order valence-electron chi connectivity index (χ0n) is 12.9. The van der Waals surface area contributed by atoms with Crippen LogP contribution in [0.5, 0.6) is 0 Å². The van der Waals surface area contributed by atoms with Crippen LogP contribution in [0.2, 0.25) is 0 Å². The first-order valence-electron chi connectivity index (χ1n) is 7.59. The number of amides is 2. The molecule has 0 atom stereocenters. The first-order chi connectivity index (χ1) is 11.0. The van der Waals surface area contributed by atoms with Gasteiger partial charge in [0.15, 0.2) is 0 Å². The van der Waals surface area contributed by atoms with Crippen LogP contribution in [0.25, 0.3) is 0 Å². The van der Waals surface area contributed by atoms with E-state index in [1.54, 1.807) is 23.9 Å². The molecule has 1 aromatic heterocycles. The third kappa shape index (κ3) is 3.47. The number of carbonyl (C=O) groups is 2. The first-order valence-corrected chi connectivity index (χ1v) is 8.38. The number of nitrogens with one attached hydrogen (secondary N) is 2. The molecule has 1 heterocycles. The maximum atomic E-state index is 12.2. The van der Waals surface area contributed by atoms with E-state index in [1.165, 1.54) is 17.5 Å². The highest BCUT2D eigenvalue weighted by Crippen LogP contribution is 2.22. The van der Waals surface area contributed by atoms with Gasteiger partial charge in [0.2, 0.25) is 0 Å². The summed E-state index contributed by atoms with van der Waals surface area (Å²) in [6, 6.07) is 7.44. The van der Waals surface area contributed by atoms with Gasteiger partial charge in [-0.05, 0) is 70.9 Å². The highest BCUT2D eigenvalue weighted by atomic mass is 79.9. The highest BCUT2D eigenvalue weighted by molar-refractivity contribution is 9.10. The number of benzene rings is 1. The van der Waals surface area contributed by atoms with Crippen LogP contribution < -0.4 is 10.9 Å². The van der Waals surface area contributed by atoms with Crippen LogP contribution in [0, 0.1) is 0 Å². The van der Waals surface area contributed by atoms with Crippen molar-refractivity contribution < 1.29 is 9.59 Å². The molecule has 0 aliphatic heterocycles. The molecule has 0 saturated carbocycles. The number of hydrogen-bond donors (Lipinski definition) is 2. The number of rotatable bonds is 2. The summed E-state index contributed by atoms with van der Waals surface area (Å²) in [6.45, 7) is 0. The minimum Gasteiger partial charge on any atom is -0.345 e. The average molecular weight is 376 g/mol. The number of halogens is 1. The monoisotopic (exact) mass is 375 g/mol. The Bertz CT molecular complexity index is 767. The van der Waals surface area contributed by atoms with Crippen molar-refractivity contribution in [3.05, 3.63) is 57.3 Å². The second-order valence-corrected chi connectivity index (χ2v) is 6.67. The molecule has 2 aromatic rings. The van der Waals surface area contributed by atoms with Gasteiger partial charge in [-0.3, -0.25) is 20.4 Å². The summed E-state index contributed by atoms with van der Waals surface area (Å²) in [4.78, 5) is 24.3. The molecule has 1 aliphatic rings. The van der Waals surface area contributed by atoms with Crippen LogP contribution in [0.15, 0.2) is 34.9 Å². The summed E-state index contributed by atoms with van der Waals surface area (Å²) < 4.78 is 2.50. The van der Waals surface area contributed by atoms with Gasteiger partial charge < -0.3 is 4.57 Å². The van der Waals surface area contributed by atoms with Crippen LogP contribution in [-0.4, -0.2) is 16.4 Å². The molecule has 0 fully saturated rings. The van der Waals surface area contributed by atoms with Crippen LogP contribution in [0.1, 0.15) is 44.8 Å². The Labute approximate surface area is 143 Å². The number of aromatic nitrogens is 1. The molecular weight excluding hydrogens is 358 g/mol. The summed E-state index contributed by atoms with van der Waals surface area (Å²) >= 11 is 3.31. The van der Waals surface area contributed by atoms with E-state index in [0.29, 0.717) is 11.3 Å². The van der Waals surface area contributed by atoms with Crippen molar-refractivity contribution in [2.75, 3.05) is 0 Å². The Morgan fingerprint density at radius 3 is 2.43 bits per heavy atom. The Morgan fingerprint density at radius 1 is 1.04 bits per heavy atom. The second kappa shape index (κ2) is 6.58. The van der Waals surface area contributed by atoms with Crippen molar-refractivity contribution in [1.29, 1.82) is 0 Å². The molecule has 0 unspecified atom stereocenters. The molecule has 2 amide bonds. The van der Waals surface area contributed by atoms with Crippen molar-refractivity contribution in [1.82, 2.24) is 15.4 Å². The Kier molecular flexibility index (Phi) is 4.52. The van der Waals surface area contributed by atoms with E-state index in [-0.39, 0.29) is 11.8 Å². The molecule has 2 N–H and O–H groups in total. The molecule has 0 spiro atoms. The van der Waals surface area contributed by atoms with Gasteiger partial charge in [0.05, 0.1) is 0 Å². The third-order valence-electron chi connectivity index (χ3n) is 4.10. The van der Waals surface area contributed by atoms with Gasteiger partial charge in [-0.1, -0.05) is 6.07 Å². The van der Waals surface area contributed by atoms with Crippen molar-refractivity contribution in [2.24, 2.45) is 7.05 Å². The summed E-state index contributed by atoms with van der Waals surface area (Å²) in [5.41, 5.74) is 8.52. The first kappa shape index (κ1) is 15.8. The zero-order valence-corrected chi connectivity index (χ0v) is 14.4. The lowest BCUT2D eigenvalue weighted by molar-refractivity contribution is 0.0842. The van der Waals surface area contributed by atoms with E-state index < -0.39 is 0 Å². The van der Waals surface area contributed by atoms with E-state index in [2.05, 4.69) is 26.8 Å². The zero-order chi connectivity index (χ0) is 16.4. The van der Waals surface area contributed by atoms with E-state index in [0.717, 1.165) is 23.7 Å². The molecule has 1 aromatic carbocycles. The molecule has 0 bridgehead atoms. The molecule has 120 valence electrons. The van der Waals surface area contributed by atoms with E-state index >= 15 is 0 Å². The van der Waals surface area contributed by atoms with Gasteiger partial charge in [-0.25, -0.2) is 0 Å². The molecule has 0 saturated heterocycles. The van der Waals surface area contributed by atoms with E-state index in [9.17, 15) is 9.59 Å². The molecule has 23 heavy (non-hydrogen) atoms. The fraction of sp³-hybridized carbons (Fsp3) is 0.294. The molecule has 3 rings (SSSR count). The van der Waals surface area contributed by atoms with Crippen molar-refractivity contribution in [2.45, 2.75) is 25.7 Å². The Morgan fingerprint density at radius 2 is 1.74 bits per heavy atom. The van der Waals surface area contributed by atoms with Crippen molar-refractivity contribution in [3.8, 4) is 0 Å². The number of fused-ring (bicyclic) bond motifs is 1. The number of hydrazine groups is 1. The van der Waals surface area contributed by atoms with Crippen LogP contribution >= 0.6 is 15.9 Å². The average Bonchev–Trinajstić information content (AvgIpc) is 2.90. The summed E-state index contributed by atoms with van der Waals surface area (Å²) in [7, 11) is 1.77.